The summed E-state index contributed by atoms with van der Waals surface area (Å²) < 4.78 is 13.4. The second-order valence-corrected chi connectivity index (χ2v) is 7.00. The summed E-state index contributed by atoms with van der Waals surface area (Å²) in [4.78, 5) is 18.9. The highest BCUT2D eigenvalue weighted by Crippen LogP contribution is 2.33. The number of hydrogen-bond acceptors (Lipinski definition) is 4. The van der Waals surface area contributed by atoms with Crippen LogP contribution in [0.3, 0.4) is 0 Å². The van der Waals surface area contributed by atoms with Crippen molar-refractivity contribution in [3.05, 3.63) is 76.2 Å². The van der Waals surface area contributed by atoms with Gasteiger partial charge in [0.1, 0.15) is 6.10 Å². The molecule has 3 aromatic rings. The van der Waals surface area contributed by atoms with Crippen LogP contribution >= 0.6 is 0 Å². The number of nitrogens with one attached hydrogen (secondary N) is 1. The minimum Gasteiger partial charge on any atom is -0.491 e. The summed E-state index contributed by atoms with van der Waals surface area (Å²) in [6.07, 6.45) is 6.96. The average Bonchev–Trinajstić information content (AvgIpc) is 3.27. The molecule has 1 aliphatic rings. The van der Waals surface area contributed by atoms with Crippen molar-refractivity contribution < 1.29 is 9.47 Å². The van der Waals surface area contributed by atoms with Gasteiger partial charge in [-0.05, 0) is 11.1 Å². The van der Waals surface area contributed by atoms with Gasteiger partial charge in [-0.25, -0.2) is 4.79 Å². The number of ether oxygens (including phenoxy) is 2. The molecule has 0 fully saturated rings. The number of hydrogen-bond donors (Lipinski definition) is 1. The highest BCUT2D eigenvalue weighted by molar-refractivity contribution is 5.41. The monoisotopic (exact) mass is 365 g/mol. The number of rotatable bonds is 6. The van der Waals surface area contributed by atoms with E-state index in [1.165, 1.54) is 11.1 Å². The minimum absolute atomic E-state index is 0.0625. The summed E-state index contributed by atoms with van der Waals surface area (Å²) in [6, 6.07) is 10.4. The molecule has 6 nitrogen and oxygen atoms in total. The number of imidazole rings is 1. The molecule has 4 rings (SSSR count). The van der Waals surface area contributed by atoms with Crippen LogP contribution in [0, 0.1) is 0 Å². The van der Waals surface area contributed by atoms with Crippen molar-refractivity contribution in [2.24, 2.45) is 0 Å². The summed E-state index contributed by atoms with van der Waals surface area (Å²) in [7, 11) is 1.62. The van der Waals surface area contributed by atoms with Crippen LogP contribution in [0.4, 0.5) is 0 Å². The van der Waals surface area contributed by atoms with Crippen molar-refractivity contribution in [2.45, 2.75) is 38.3 Å². The molecule has 6 heteroatoms. The van der Waals surface area contributed by atoms with Crippen LogP contribution in [-0.4, -0.2) is 27.7 Å². The third-order valence-electron chi connectivity index (χ3n) is 5.08. The molecule has 1 unspecified atom stereocenters. The zero-order chi connectivity index (χ0) is 18.8. The molecule has 2 aromatic heterocycles. The van der Waals surface area contributed by atoms with Gasteiger partial charge in [-0.2, -0.15) is 0 Å². The van der Waals surface area contributed by atoms with E-state index in [0.717, 1.165) is 18.5 Å². The second-order valence-electron chi connectivity index (χ2n) is 7.00. The van der Waals surface area contributed by atoms with Gasteiger partial charge in [-0.1, -0.05) is 31.2 Å². The lowest BCUT2D eigenvalue weighted by atomic mass is 10.1. The van der Waals surface area contributed by atoms with Gasteiger partial charge >= 0.3 is 5.69 Å². The lowest BCUT2D eigenvalue weighted by molar-refractivity contribution is 0.203. The summed E-state index contributed by atoms with van der Waals surface area (Å²) in [5, 5.41) is 0. The van der Waals surface area contributed by atoms with Crippen molar-refractivity contribution in [1.29, 1.82) is 0 Å². The zero-order valence-electron chi connectivity index (χ0n) is 15.5. The molecule has 1 N–H and O–H groups in total. The molecule has 2 heterocycles. The van der Waals surface area contributed by atoms with Gasteiger partial charge in [0.2, 0.25) is 0 Å². The molecule has 0 bridgehead atoms. The molecule has 0 aliphatic heterocycles. The van der Waals surface area contributed by atoms with Crippen LogP contribution in [0.2, 0.25) is 0 Å². The Labute approximate surface area is 157 Å². The first kappa shape index (κ1) is 17.4. The lowest BCUT2D eigenvalue weighted by Crippen LogP contribution is -2.20. The maximum atomic E-state index is 11.7. The quantitative estimate of drug-likeness (QED) is 0.729. The van der Waals surface area contributed by atoms with Crippen molar-refractivity contribution in [2.75, 3.05) is 7.11 Å². The van der Waals surface area contributed by atoms with Crippen molar-refractivity contribution >= 4 is 0 Å². The Balaban J connectivity index is 1.53. The highest BCUT2D eigenvalue weighted by Gasteiger charge is 2.24. The van der Waals surface area contributed by atoms with E-state index in [4.69, 9.17) is 9.47 Å². The second kappa shape index (κ2) is 7.31. The Hall–Kier alpha value is -3.02. The smallest absolute Gasteiger partial charge is 0.325 e. The zero-order valence-corrected chi connectivity index (χ0v) is 15.5. The van der Waals surface area contributed by atoms with Crippen LogP contribution in [0.5, 0.6) is 11.5 Å². The Morgan fingerprint density at radius 1 is 1.26 bits per heavy atom. The van der Waals surface area contributed by atoms with E-state index in [2.05, 4.69) is 34.2 Å². The maximum Gasteiger partial charge on any atom is 0.325 e. The van der Waals surface area contributed by atoms with Crippen molar-refractivity contribution in [3.63, 3.8) is 0 Å². The summed E-state index contributed by atoms with van der Waals surface area (Å²) in [5.74, 6) is 1.39. The number of aromatic nitrogens is 3. The fourth-order valence-corrected chi connectivity index (χ4v) is 3.62. The molecule has 0 radical (unpaired) electrons. The van der Waals surface area contributed by atoms with Gasteiger partial charge in [-0.15, -0.1) is 0 Å². The number of H-pyrrole nitrogens is 1. The standard InChI is InChI=1S/C21H23N3O3/c1-14(13-24-8-7-22-21(24)25)18-11-19(20(26-2)12-23-18)27-17-9-15-5-3-4-6-16(15)10-17/h3-8,11-12,14,17H,9-10,13H2,1-2H3,(H,22,25). The van der Waals surface area contributed by atoms with Gasteiger partial charge in [0.25, 0.3) is 0 Å². The average molecular weight is 365 g/mol. The first-order chi connectivity index (χ1) is 13.1. The number of benzene rings is 1. The topological polar surface area (TPSA) is 69.1 Å². The van der Waals surface area contributed by atoms with Crippen LogP contribution in [0.15, 0.2) is 53.7 Å². The predicted molar refractivity (Wildman–Crippen MR) is 103 cm³/mol. The fourth-order valence-electron chi connectivity index (χ4n) is 3.62. The van der Waals surface area contributed by atoms with E-state index < -0.39 is 0 Å². The minimum atomic E-state index is -0.115. The number of fused-ring (bicyclic) bond motifs is 1. The lowest BCUT2D eigenvalue weighted by Gasteiger charge is -2.18. The Bertz CT molecular complexity index is 967. The molecular weight excluding hydrogens is 342 g/mol. The summed E-state index contributed by atoms with van der Waals surface area (Å²) in [5.41, 5.74) is 3.44. The maximum absolute atomic E-state index is 11.7. The molecule has 1 atom stereocenters. The third-order valence-corrected chi connectivity index (χ3v) is 5.08. The number of methoxy groups -OCH3 is 1. The van der Waals surface area contributed by atoms with E-state index in [9.17, 15) is 4.79 Å². The Morgan fingerprint density at radius 3 is 2.63 bits per heavy atom. The van der Waals surface area contributed by atoms with E-state index in [-0.39, 0.29) is 17.7 Å². The van der Waals surface area contributed by atoms with E-state index >= 15 is 0 Å². The summed E-state index contributed by atoms with van der Waals surface area (Å²) >= 11 is 0. The fraction of sp³-hybridized carbons (Fsp3) is 0.333. The normalized spacial score (nSPS) is 14.7. The largest absolute Gasteiger partial charge is 0.491 e. The molecule has 140 valence electrons. The predicted octanol–water partition coefficient (Wildman–Crippen LogP) is 2.93. The first-order valence-corrected chi connectivity index (χ1v) is 9.15. The Kier molecular flexibility index (Phi) is 4.71. The number of aromatic amines is 1. The van der Waals surface area contributed by atoms with E-state index in [1.807, 2.05) is 13.0 Å². The van der Waals surface area contributed by atoms with E-state index in [1.54, 1.807) is 30.3 Å². The highest BCUT2D eigenvalue weighted by atomic mass is 16.5. The number of nitrogens with zero attached hydrogens (tertiary/aromatic N) is 2. The van der Waals surface area contributed by atoms with Crippen molar-refractivity contribution in [3.8, 4) is 11.5 Å². The van der Waals surface area contributed by atoms with Crippen molar-refractivity contribution in [1.82, 2.24) is 14.5 Å². The van der Waals surface area contributed by atoms with Crippen LogP contribution in [0.25, 0.3) is 0 Å². The van der Waals surface area contributed by atoms with Crippen LogP contribution < -0.4 is 15.2 Å². The van der Waals surface area contributed by atoms with E-state index in [0.29, 0.717) is 18.0 Å². The first-order valence-electron chi connectivity index (χ1n) is 9.15. The van der Waals surface area contributed by atoms with Gasteiger partial charge in [0.15, 0.2) is 11.5 Å². The third kappa shape index (κ3) is 3.60. The van der Waals surface area contributed by atoms with Gasteiger partial charge in [0, 0.05) is 49.5 Å². The Morgan fingerprint density at radius 2 is 2.00 bits per heavy atom. The summed E-state index contributed by atoms with van der Waals surface area (Å²) in [6.45, 7) is 2.60. The van der Waals surface area contributed by atoms with Crippen LogP contribution in [-0.2, 0) is 19.4 Å². The van der Waals surface area contributed by atoms with Gasteiger partial charge in [0.05, 0.1) is 13.3 Å². The molecule has 0 amide bonds. The van der Waals surface area contributed by atoms with Gasteiger partial charge in [-0.3, -0.25) is 9.55 Å². The molecule has 0 saturated carbocycles. The van der Waals surface area contributed by atoms with Gasteiger partial charge < -0.3 is 14.5 Å². The van der Waals surface area contributed by atoms with Crippen LogP contribution in [0.1, 0.15) is 29.7 Å². The molecule has 1 aliphatic carbocycles. The molecule has 27 heavy (non-hydrogen) atoms. The molecule has 1 aromatic carbocycles. The molecular formula is C21H23N3O3. The number of pyridine rings is 1. The SMILES string of the molecule is COc1cnc(C(C)Cn2cc[nH]c2=O)cc1OC1Cc2ccccc2C1. The molecule has 0 saturated heterocycles. The molecule has 0 spiro atoms.